The van der Waals surface area contributed by atoms with Gasteiger partial charge in [-0.2, -0.15) is 0 Å². The van der Waals surface area contributed by atoms with E-state index in [1.165, 1.54) is 23.5 Å². The van der Waals surface area contributed by atoms with Crippen LogP contribution in [0.5, 0.6) is 11.5 Å². The topological polar surface area (TPSA) is 97.4 Å². The standard InChI is InChI=1S/C27H29N3O6S/c1-19-3-12-24-25(17-19)36-26(18-30(24)37(32,33)23-10-8-22(34-2)9-11-23)27(31)28-20-4-6-21(7-5-20)29-13-15-35-16-14-29/h3-12,17,26H,13-16,18H2,1-2H3,(H,28,31)/t26-/m0/s1. The lowest BCUT2D eigenvalue weighted by molar-refractivity contribution is -0.122. The number of anilines is 3. The summed E-state index contributed by atoms with van der Waals surface area (Å²) in [5, 5.41) is 2.87. The van der Waals surface area contributed by atoms with Crippen molar-refractivity contribution in [2.75, 3.05) is 54.5 Å². The highest BCUT2D eigenvalue weighted by Crippen LogP contribution is 2.38. The van der Waals surface area contributed by atoms with Crippen LogP contribution in [-0.2, 0) is 19.6 Å². The molecule has 3 aromatic carbocycles. The van der Waals surface area contributed by atoms with Gasteiger partial charge >= 0.3 is 0 Å². The number of sulfonamides is 1. The van der Waals surface area contributed by atoms with Gasteiger partial charge < -0.3 is 24.4 Å². The summed E-state index contributed by atoms with van der Waals surface area (Å²) in [5.41, 5.74) is 2.93. The third-order valence-corrected chi connectivity index (χ3v) is 8.23. The van der Waals surface area contributed by atoms with Crippen molar-refractivity contribution >= 4 is 33.0 Å². The van der Waals surface area contributed by atoms with Gasteiger partial charge in [-0.1, -0.05) is 6.07 Å². The average Bonchev–Trinajstić information content (AvgIpc) is 2.93. The van der Waals surface area contributed by atoms with Crippen molar-refractivity contribution < 1.29 is 27.4 Å². The molecular weight excluding hydrogens is 494 g/mol. The van der Waals surface area contributed by atoms with E-state index >= 15 is 0 Å². The molecule has 9 nitrogen and oxygen atoms in total. The van der Waals surface area contributed by atoms with Crippen LogP contribution < -0.4 is 24.0 Å². The molecule has 10 heteroatoms. The zero-order valence-corrected chi connectivity index (χ0v) is 21.5. The van der Waals surface area contributed by atoms with E-state index in [2.05, 4.69) is 10.2 Å². The molecule has 1 N–H and O–H groups in total. The fourth-order valence-corrected chi connectivity index (χ4v) is 5.88. The van der Waals surface area contributed by atoms with Crippen LogP contribution in [0.1, 0.15) is 5.56 Å². The molecule has 194 valence electrons. The van der Waals surface area contributed by atoms with Crippen LogP contribution in [0.4, 0.5) is 17.1 Å². The van der Waals surface area contributed by atoms with Crippen LogP contribution in [-0.4, -0.2) is 60.4 Å². The van der Waals surface area contributed by atoms with Gasteiger partial charge in [0.2, 0.25) is 0 Å². The summed E-state index contributed by atoms with van der Waals surface area (Å²) < 4.78 is 45.1. The number of hydrogen-bond donors (Lipinski definition) is 1. The first-order valence-electron chi connectivity index (χ1n) is 12.0. The number of benzene rings is 3. The minimum atomic E-state index is -3.97. The molecule has 0 spiro atoms. The van der Waals surface area contributed by atoms with Crippen molar-refractivity contribution in [2.24, 2.45) is 0 Å². The number of nitrogens with one attached hydrogen (secondary N) is 1. The van der Waals surface area contributed by atoms with Gasteiger partial charge in [-0.3, -0.25) is 9.10 Å². The molecule has 1 fully saturated rings. The Morgan fingerprint density at radius 3 is 2.38 bits per heavy atom. The Kier molecular flexibility index (Phi) is 6.94. The maximum atomic E-state index is 13.6. The van der Waals surface area contributed by atoms with E-state index in [0.29, 0.717) is 36.1 Å². The van der Waals surface area contributed by atoms with Crippen molar-refractivity contribution in [3.8, 4) is 11.5 Å². The highest BCUT2D eigenvalue weighted by molar-refractivity contribution is 7.92. The Labute approximate surface area is 216 Å². The predicted molar refractivity (Wildman–Crippen MR) is 141 cm³/mol. The van der Waals surface area contributed by atoms with Gasteiger partial charge in [-0.15, -0.1) is 0 Å². The van der Waals surface area contributed by atoms with E-state index in [9.17, 15) is 13.2 Å². The zero-order chi connectivity index (χ0) is 26.0. The molecule has 0 unspecified atom stereocenters. The summed E-state index contributed by atoms with van der Waals surface area (Å²) in [6.45, 7) is 4.73. The zero-order valence-electron chi connectivity index (χ0n) is 20.7. The normalized spacial score (nSPS) is 17.5. The number of methoxy groups -OCH3 is 1. The molecule has 1 saturated heterocycles. The van der Waals surface area contributed by atoms with Crippen molar-refractivity contribution in [1.29, 1.82) is 0 Å². The summed E-state index contributed by atoms with van der Waals surface area (Å²) >= 11 is 0. The molecule has 5 rings (SSSR count). The first kappa shape index (κ1) is 24.9. The third kappa shape index (κ3) is 5.21. The minimum absolute atomic E-state index is 0.0968. The Hall–Kier alpha value is -3.76. The Morgan fingerprint density at radius 2 is 1.70 bits per heavy atom. The molecule has 0 aromatic heterocycles. The lowest BCUT2D eigenvalue weighted by Crippen LogP contribution is -2.48. The second-order valence-corrected chi connectivity index (χ2v) is 10.8. The molecule has 0 bridgehead atoms. The number of amides is 1. The molecular formula is C27H29N3O6S. The van der Waals surface area contributed by atoms with E-state index in [4.69, 9.17) is 14.2 Å². The quantitative estimate of drug-likeness (QED) is 0.529. The van der Waals surface area contributed by atoms with Crippen LogP contribution in [0.2, 0.25) is 0 Å². The number of carbonyl (C=O) groups is 1. The van der Waals surface area contributed by atoms with E-state index in [0.717, 1.165) is 24.3 Å². The minimum Gasteiger partial charge on any atom is -0.497 e. The first-order valence-corrected chi connectivity index (χ1v) is 13.5. The number of rotatable bonds is 6. The van der Waals surface area contributed by atoms with Crippen LogP contribution in [0.25, 0.3) is 0 Å². The largest absolute Gasteiger partial charge is 0.497 e. The first-order chi connectivity index (χ1) is 17.8. The highest BCUT2D eigenvalue weighted by atomic mass is 32.2. The number of aryl methyl sites for hydroxylation is 1. The Morgan fingerprint density at radius 1 is 1.00 bits per heavy atom. The number of nitrogens with zero attached hydrogens (tertiary/aromatic N) is 2. The maximum Gasteiger partial charge on any atom is 0.267 e. The second kappa shape index (κ2) is 10.3. The van der Waals surface area contributed by atoms with Crippen molar-refractivity contribution in [3.05, 3.63) is 72.3 Å². The van der Waals surface area contributed by atoms with Crippen molar-refractivity contribution in [2.45, 2.75) is 17.9 Å². The van der Waals surface area contributed by atoms with Gasteiger partial charge in [0.25, 0.3) is 15.9 Å². The molecule has 2 aliphatic rings. The maximum absolute atomic E-state index is 13.6. The smallest absolute Gasteiger partial charge is 0.267 e. The van der Waals surface area contributed by atoms with E-state index in [1.807, 2.05) is 37.3 Å². The van der Waals surface area contributed by atoms with Crippen LogP contribution in [0.15, 0.2) is 71.6 Å². The fraction of sp³-hybridized carbons (Fsp3) is 0.296. The van der Waals surface area contributed by atoms with E-state index < -0.39 is 22.0 Å². The lowest BCUT2D eigenvalue weighted by atomic mass is 10.1. The lowest BCUT2D eigenvalue weighted by Gasteiger charge is -2.35. The van der Waals surface area contributed by atoms with Gasteiger partial charge in [0.05, 0.1) is 37.5 Å². The van der Waals surface area contributed by atoms with E-state index in [1.54, 1.807) is 24.3 Å². The summed E-state index contributed by atoms with van der Waals surface area (Å²) in [4.78, 5) is 15.6. The van der Waals surface area contributed by atoms with Gasteiger partial charge in [0.15, 0.2) is 6.10 Å². The number of morpholine rings is 1. The molecule has 37 heavy (non-hydrogen) atoms. The number of carbonyl (C=O) groups excluding carboxylic acids is 1. The third-order valence-electron chi connectivity index (χ3n) is 6.44. The van der Waals surface area contributed by atoms with Crippen LogP contribution >= 0.6 is 0 Å². The summed E-state index contributed by atoms with van der Waals surface area (Å²) in [7, 11) is -2.45. The molecule has 0 radical (unpaired) electrons. The van der Waals surface area contributed by atoms with Crippen LogP contribution in [0, 0.1) is 6.92 Å². The number of fused-ring (bicyclic) bond motifs is 1. The van der Waals surface area contributed by atoms with Gasteiger partial charge in [0, 0.05) is 24.5 Å². The Balaban J connectivity index is 1.38. The summed E-state index contributed by atoms with van der Waals surface area (Å²) in [5.74, 6) is 0.459. The van der Waals surface area contributed by atoms with Gasteiger partial charge in [0.1, 0.15) is 11.5 Å². The van der Waals surface area contributed by atoms with Gasteiger partial charge in [-0.05, 0) is 73.2 Å². The van der Waals surface area contributed by atoms with E-state index in [-0.39, 0.29) is 11.4 Å². The molecule has 2 heterocycles. The number of hydrogen-bond acceptors (Lipinski definition) is 7. The van der Waals surface area contributed by atoms with Crippen LogP contribution in [0.3, 0.4) is 0 Å². The molecule has 1 atom stereocenters. The molecule has 2 aliphatic heterocycles. The summed E-state index contributed by atoms with van der Waals surface area (Å²) in [6, 6.07) is 19.0. The molecule has 0 saturated carbocycles. The average molecular weight is 524 g/mol. The SMILES string of the molecule is COc1ccc(S(=O)(=O)N2C[C@@H](C(=O)Nc3ccc(N4CCOCC4)cc3)Oc3cc(C)ccc32)cc1. The predicted octanol–water partition coefficient (Wildman–Crippen LogP) is 3.44. The second-order valence-electron chi connectivity index (χ2n) is 8.92. The monoisotopic (exact) mass is 523 g/mol. The van der Waals surface area contributed by atoms with Crippen molar-refractivity contribution in [1.82, 2.24) is 0 Å². The molecule has 0 aliphatic carbocycles. The molecule has 3 aromatic rings. The van der Waals surface area contributed by atoms with Gasteiger partial charge in [-0.25, -0.2) is 8.42 Å². The van der Waals surface area contributed by atoms with Crippen molar-refractivity contribution in [3.63, 3.8) is 0 Å². The summed E-state index contributed by atoms with van der Waals surface area (Å²) in [6.07, 6.45) is -1.04. The Bertz CT molecular complexity index is 1370. The number of ether oxygens (including phenoxy) is 3. The fourth-order valence-electron chi connectivity index (χ4n) is 4.40. The highest BCUT2D eigenvalue weighted by Gasteiger charge is 2.37. The molecule has 1 amide bonds.